The van der Waals surface area contributed by atoms with E-state index in [-0.39, 0.29) is 25.8 Å². The van der Waals surface area contributed by atoms with Crippen LogP contribution in [0.2, 0.25) is 0 Å². The fourth-order valence-corrected chi connectivity index (χ4v) is 8.90. The van der Waals surface area contributed by atoms with Gasteiger partial charge in [-0.1, -0.05) is 42.5 Å². The number of rotatable bonds is 9. The number of methoxy groups -OCH3 is 1. The lowest BCUT2D eigenvalue weighted by atomic mass is 10.1. The van der Waals surface area contributed by atoms with Crippen molar-refractivity contribution in [1.29, 1.82) is 0 Å². The maximum Gasteiger partial charge on any atom is 0.308 e. The maximum absolute atomic E-state index is 14.6. The molecule has 2 aliphatic carbocycles. The van der Waals surface area contributed by atoms with Crippen LogP contribution in [0.15, 0.2) is 66.7 Å². The number of allylic oxidation sites excluding steroid dienone is 1. The fourth-order valence-electron chi connectivity index (χ4n) is 7.54. The van der Waals surface area contributed by atoms with Gasteiger partial charge in [-0.2, -0.15) is 0 Å². The molecular weight excluding hydrogens is 767 g/mol. The van der Waals surface area contributed by atoms with E-state index in [1.807, 2.05) is 36.4 Å². The summed E-state index contributed by atoms with van der Waals surface area (Å²) < 4.78 is 45.7. The molecule has 16 heteroatoms. The second kappa shape index (κ2) is 16.0. The van der Waals surface area contributed by atoms with Crippen LogP contribution in [0.25, 0.3) is 22.2 Å². The van der Waals surface area contributed by atoms with Gasteiger partial charge in [0.25, 0.3) is 5.91 Å². The molecule has 0 bridgehead atoms. The Morgan fingerprint density at radius 2 is 1.81 bits per heavy atom. The van der Waals surface area contributed by atoms with E-state index < -0.39 is 86.5 Å². The monoisotopic (exact) mass is 815 g/mol. The second-order valence-corrected chi connectivity index (χ2v) is 18.4. The Bertz CT molecular complexity index is 2250. The highest BCUT2D eigenvalue weighted by atomic mass is 32.2. The third-order valence-corrected chi connectivity index (χ3v) is 12.5. The van der Waals surface area contributed by atoms with Crippen LogP contribution in [-0.4, -0.2) is 96.1 Å². The number of aromatic nitrogens is 1. The van der Waals surface area contributed by atoms with Crippen molar-refractivity contribution in [2.24, 2.45) is 5.92 Å². The molecule has 58 heavy (non-hydrogen) atoms. The standard InChI is InChI=1S/C42H49N5O10S/c1-41(2,3)57-37(49)22-33-39(51)47-24-28(56-35-21-31(25-11-7-5-8-12-25)43-32-19-27(55-4)15-18-30(32)35)20-34(47)38(50)45-42(40(52)46-58(53,54)29-16-17-29)23-26(42)13-9-6-10-14-36(48)44-33/h5,7-9,11-13,15,18-19,21,26,28-29,33-34H,6,10,14,16-17,20,22-24H2,1-4H3,(H,44,48)(H,45,50)(H,46,52)/b13-9-/t26?,28-,33+,34+,42-/m1/s1. The second-order valence-electron chi connectivity index (χ2n) is 16.4. The summed E-state index contributed by atoms with van der Waals surface area (Å²) in [6, 6.07) is 14.0. The van der Waals surface area contributed by atoms with Crippen LogP contribution in [0.1, 0.15) is 72.1 Å². The number of fused-ring (bicyclic) bond motifs is 3. The summed E-state index contributed by atoms with van der Waals surface area (Å²) in [5, 5.41) is 5.54. The molecule has 3 N–H and O–H groups in total. The van der Waals surface area contributed by atoms with Crippen molar-refractivity contribution in [3.63, 3.8) is 0 Å². The Balaban J connectivity index is 1.24. The average molecular weight is 816 g/mol. The minimum Gasteiger partial charge on any atom is -0.497 e. The number of sulfonamides is 1. The molecule has 3 fully saturated rings. The molecular formula is C42H49N5O10S. The van der Waals surface area contributed by atoms with Gasteiger partial charge in [-0.15, -0.1) is 0 Å². The lowest BCUT2D eigenvalue weighted by Gasteiger charge is -2.30. The normalized spacial score (nSPS) is 25.9. The first-order chi connectivity index (χ1) is 27.5. The van der Waals surface area contributed by atoms with Crippen LogP contribution in [0, 0.1) is 5.92 Å². The number of ether oxygens (including phenoxy) is 3. The van der Waals surface area contributed by atoms with E-state index in [1.165, 1.54) is 4.90 Å². The molecule has 15 nitrogen and oxygen atoms in total. The van der Waals surface area contributed by atoms with Gasteiger partial charge in [0.05, 0.1) is 36.5 Å². The van der Waals surface area contributed by atoms with Crippen LogP contribution >= 0.6 is 0 Å². The third kappa shape index (κ3) is 9.11. The summed E-state index contributed by atoms with van der Waals surface area (Å²) in [6.07, 6.45) is 4.11. The Hall–Kier alpha value is -5.51. The van der Waals surface area contributed by atoms with Crippen LogP contribution in [0.4, 0.5) is 0 Å². The van der Waals surface area contributed by atoms with Gasteiger partial charge in [-0.3, -0.25) is 28.7 Å². The average Bonchev–Trinajstić information content (AvgIpc) is 4.10. The van der Waals surface area contributed by atoms with E-state index in [0.717, 1.165) is 5.56 Å². The maximum atomic E-state index is 14.6. The summed E-state index contributed by atoms with van der Waals surface area (Å²) >= 11 is 0. The minimum atomic E-state index is -3.95. The number of benzene rings is 2. The SMILES string of the molecule is COc1ccc2c(O[C@@H]3C[C@H]4C(=O)N[C@]5(C(=O)NS(=O)(=O)C6CC6)CC5/C=C\CCCC(=O)N[C@@H](CC(=O)OC(C)(C)C)C(=O)N4C3)cc(-c3ccccc3)nc2c1. The van der Waals surface area contributed by atoms with Crippen LogP contribution in [0.5, 0.6) is 11.5 Å². The number of pyridine rings is 1. The van der Waals surface area contributed by atoms with Gasteiger partial charge in [0.2, 0.25) is 27.7 Å². The molecule has 0 radical (unpaired) electrons. The van der Waals surface area contributed by atoms with E-state index >= 15 is 0 Å². The molecule has 308 valence electrons. The first-order valence-electron chi connectivity index (χ1n) is 19.6. The Labute approximate surface area is 337 Å². The number of hydrogen-bond acceptors (Lipinski definition) is 11. The van der Waals surface area contributed by atoms with Crippen molar-refractivity contribution in [2.45, 2.75) is 107 Å². The number of carbonyl (C=O) groups is 5. The van der Waals surface area contributed by atoms with Gasteiger partial charge < -0.3 is 29.7 Å². The number of amides is 4. The topological polar surface area (TPSA) is 199 Å². The zero-order chi connectivity index (χ0) is 41.4. The first kappa shape index (κ1) is 40.7. The van der Waals surface area contributed by atoms with Gasteiger partial charge in [0, 0.05) is 41.8 Å². The van der Waals surface area contributed by atoms with Gasteiger partial charge >= 0.3 is 5.97 Å². The molecule has 4 amide bonds. The summed E-state index contributed by atoms with van der Waals surface area (Å²) in [5.41, 5.74) is -0.436. The van der Waals surface area contributed by atoms with Crippen molar-refractivity contribution in [3.05, 3.63) is 66.7 Å². The largest absolute Gasteiger partial charge is 0.497 e. The van der Waals surface area contributed by atoms with E-state index in [0.29, 0.717) is 53.8 Å². The minimum absolute atomic E-state index is 0.0361. The van der Waals surface area contributed by atoms with E-state index in [1.54, 1.807) is 58.2 Å². The number of esters is 1. The molecule has 3 heterocycles. The van der Waals surface area contributed by atoms with Crippen LogP contribution < -0.4 is 24.8 Å². The number of carbonyl (C=O) groups excluding carboxylic acids is 5. The third-order valence-electron chi connectivity index (χ3n) is 10.7. The summed E-state index contributed by atoms with van der Waals surface area (Å²) in [7, 11) is -2.39. The van der Waals surface area contributed by atoms with Crippen molar-refractivity contribution < 1.29 is 46.6 Å². The molecule has 4 aliphatic rings. The summed E-state index contributed by atoms with van der Waals surface area (Å²) in [6.45, 7) is 4.93. The van der Waals surface area contributed by atoms with Gasteiger partial charge in [-0.05, 0) is 65.0 Å². The van der Waals surface area contributed by atoms with Gasteiger partial charge in [-0.25, -0.2) is 13.4 Å². The molecule has 1 aromatic heterocycles. The number of nitrogens with one attached hydrogen (secondary N) is 3. The van der Waals surface area contributed by atoms with Gasteiger partial charge in [0.1, 0.15) is 40.8 Å². The molecule has 2 aromatic carbocycles. The zero-order valence-electron chi connectivity index (χ0n) is 33.0. The Kier molecular flexibility index (Phi) is 11.2. The molecule has 3 aromatic rings. The van der Waals surface area contributed by atoms with E-state index in [2.05, 4.69) is 15.4 Å². The van der Waals surface area contributed by atoms with Gasteiger partial charge in [0.15, 0.2) is 0 Å². The zero-order valence-corrected chi connectivity index (χ0v) is 33.8. The van der Waals surface area contributed by atoms with Crippen molar-refractivity contribution in [1.82, 2.24) is 25.2 Å². The fraction of sp³-hybridized carbons (Fsp3) is 0.476. The van der Waals surface area contributed by atoms with E-state index in [4.69, 9.17) is 19.2 Å². The molecule has 0 spiro atoms. The quantitative estimate of drug-likeness (QED) is 0.210. The van der Waals surface area contributed by atoms with Crippen molar-refractivity contribution in [2.75, 3.05) is 13.7 Å². The number of nitrogens with zero attached hydrogens (tertiary/aromatic N) is 2. The highest BCUT2D eigenvalue weighted by molar-refractivity contribution is 7.91. The molecule has 1 unspecified atom stereocenters. The van der Waals surface area contributed by atoms with Crippen LogP contribution in [0.3, 0.4) is 0 Å². The highest BCUT2D eigenvalue weighted by Gasteiger charge is 2.62. The molecule has 7 rings (SSSR count). The van der Waals surface area contributed by atoms with Crippen molar-refractivity contribution in [3.8, 4) is 22.8 Å². The predicted molar refractivity (Wildman–Crippen MR) is 213 cm³/mol. The molecule has 1 saturated heterocycles. The lowest BCUT2D eigenvalue weighted by molar-refractivity contribution is -0.157. The van der Waals surface area contributed by atoms with Crippen molar-refractivity contribution >= 4 is 50.5 Å². The molecule has 5 atom stereocenters. The molecule has 2 saturated carbocycles. The Morgan fingerprint density at radius 3 is 2.52 bits per heavy atom. The summed E-state index contributed by atoms with van der Waals surface area (Å²) in [4.78, 5) is 75.5. The first-order valence-corrected chi connectivity index (χ1v) is 21.2. The number of hydrogen-bond donors (Lipinski definition) is 3. The molecule has 2 aliphatic heterocycles. The highest BCUT2D eigenvalue weighted by Crippen LogP contribution is 2.46. The van der Waals surface area contributed by atoms with E-state index in [9.17, 15) is 32.4 Å². The smallest absolute Gasteiger partial charge is 0.308 e. The lowest BCUT2D eigenvalue weighted by Crippen LogP contribution is -2.58. The predicted octanol–water partition coefficient (Wildman–Crippen LogP) is 3.70. The Morgan fingerprint density at radius 1 is 1.05 bits per heavy atom. The summed E-state index contributed by atoms with van der Waals surface area (Å²) in [5.74, 6) is -2.97. The van der Waals surface area contributed by atoms with Crippen LogP contribution in [-0.2, 0) is 38.7 Å².